The summed E-state index contributed by atoms with van der Waals surface area (Å²) < 4.78 is 11.0. The topological polar surface area (TPSA) is 34.4 Å². The Hall–Kier alpha value is -1.52. The molecule has 0 bridgehead atoms. The van der Waals surface area contributed by atoms with Gasteiger partial charge in [-0.3, -0.25) is 0 Å². The molecular weight excluding hydrogens is 318 g/mol. The molecule has 22 heavy (non-hydrogen) atoms. The summed E-state index contributed by atoms with van der Waals surface area (Å²) in [6.45, 7) is 6.85. The molecule has 0 spiro atoms. The van der Waals surface area contributed by atoms with Crippen LogP contribution in [0.2, 0.25) is 5.02 Å². The molecule has 1 N–H and O–H groups in total. The Labute approximate surface area is 141 Å². The summed E-state index contributed by atoms with van der Waals surface area (Å²) in [6.07, 6.45) is 2.61. The number of hydrogen-bond acceptors (Lipinski definition) is 3. The molecule has 2 rings (SSSR count). The Morgan fingerprint density at radius 2 is 2.14 bits per heavy atom. The van der Waals surface area contributed by atoms with Crippen molar-refractivity contribution < 1.29 is 9.15 Å². The molecule has 0 saturated heterocycles. The van der Waals surface area contributed by atoms with Crippen molar-refractivity contribution in [2.24, 2.45) is 5.92 Å². The Morgan fingerprint density at radius 1 is 1.36 bits per heavy atom. The fourth-order valence-electron chi connectivity index (χ4n) is 1.92. The second kappa shape index (κ2) is 7.65. The van der Waals surface area contributed by atoms with Crippen molar-refractivity contribution in [1.82, 2.24) is 0 Å². The van der Waals surface area contributed by atoms with Crippen molar-refractivity contribution in [2.75, 3.05) is 11.9 Å². The number of nitrogens with one attached hydrogen (secondary N) is 1. The average Bonchev–Trinajstić information content (AvgIpc) is 2.88. The van der Waals surface area contributed by atoms with E-state index in [4.69, 9.17) is 33.0 Å². The molecule has 0 saturated carbocycles. The van der Waals surface area contributed by atoms with Crippen molar-refractivity contribution in [1.29, 1.82) is 0 Å². The van der Waals surface area contributed by atoms with Crippen LogP contribution in [-0.4, -0.2) is 11.6 Å². The van der Waals surface area contributed by atoms with Gasteiger partial charge in [-0.2, -0.15) is 0 Å². The van der Waals surface area contributed by atoms with E-state index in [1.54, 1.807) is 12.3 Å². The maximum atomic E-state index is 6.17. The molecule has 0 aliphatic heterocycles. The lowest BCUT2D eigenvalue weighted by Gasteiger charge is -2.12. The van der Waals surface area contributed by atoms with Gasteiger partial charge in [0, 0.05) is 11.8 Å². The van der Waals surface area contributed by atoms with E-state index in [-0.39, 0.29) is 0 Å². The van der Waals surface area contributed by atoms with Crippen LogP contribution >= 0.6 is 23.8 Å². The fraction of sp³-hybridized carbons (Fsp3) is 0.353. The second-order valence-corrected chi connectivity index (χ2v) is 6.34. The summed E-state index contributed by atoms with van der Waals surface area (Å²) in [6, 6.07) is 7.39. The van der Waals surface area contributed by atoms with Crippen LogP contribution in [0.3, 0.4) is 0 Å². The van der Waals surface area contributed by atoms with Gasteiger partial charge in [0.1, 0.15) is 16.5 Å². The Kier molecular flexibility index (Phi) is 5.86. The van der Waals surface area contributed by atoms with E-state index < -0.39 is 0 Å². The van der Waals surface area contributed by atoms with Crippen LogP contribution < -0.4 is 10.1 Å². The molecule has 0 unspecified atom stereocenters. The number of halogens is 1. The van der Waals surface area contributed by atoms with Gasteiger partial charge in [-0.1, -0.05) is 37.7 Å². The van der Waals surface area contributed by atoms with Gasteiger partial charge >= 0.3 is 0 Å². The maximum Gasteiger partial charge on any atom is 0.139 e. The van der Waals surface area contributed by atoms with Crippen molar-refractivity contribution in [3.8, 4) is 5.75 Å². The highest BCUT2D eigenvalue weighted by molar-refractivity contribution is 7.81. The van der Waals surface area contributed by atoms with Crippen LogP contribution in [-0.2, 0) is 0 Å². The lowest BCUT2D eigenvalue weighted by Crippen LogP contribution is -2.11. The van der Waals surface area contributed by atoms with E-state index in [2.05, 4.69) is 19.2 Å². The zero-order valence-corrected chi connectivity index (χ0v) is 14.6. The number of rotatable bonds is 6. The normalized spacial score (nSPS) is 10.8. The van der Waals surface area contributed by atoms with E-state index in [1.165, 1.54) is 0 Å². The van der Waals surface area contributed by atoms with Crippen LogP contribution in [0.1, 0.15) is 31.6 Å². The molecule has 1 aromatic carbocycles. The first-order chi connectivity index (χ1) is 10.5. The first-order valence-electron chi connectivity index (χ1n) is 7.25. The molecule has 0 aliphatic rings. The molecule has 0 atom stereocenters. The third-order valence-corrected chi connectivity index (χ3v) is 3.88. The fourth-order valence-corrected chi connectivity index (χ4v) is 2.42. The van der Waals surface area contributed by atoms with Crippen molar-refractivity contribution in [3.05, 3.63) is 46.9 Å². The van der Waals surface area contributed by atoms with Crippen molar-refractivity contribution in [3.63, 3.8) is 0 Å². The highest BCUT2D eigenvalue weighted by atomic mass is 35.5. The molecule has 3 nitrogen and oxygen atoms in total. The van der Waals surface area contributed by atoms with E-state index in [0.29, 0.717) is 28.3 Å². The first-order valence-corrected chi connectivity index (χ1v) is 8.03. The third kappa shape index (κ3) is 4.49. The van der Waals surface area contributed by atoms with Gasteiger partial charge in [0.15, 0.2) is 0 Å². The van der Waals surface area contributed by atoms with Crippen LogP contribution in [0.25, 0.3) is 0 Å². The molecule has 2 aromatic rings. The number of ether oxygens (including phenoxy) is 1. The van der Waals surface area contributed by atoms with E-state index in [1.807, 2.05) is 25.1 Å². The van der Waals surface area contributed by atoms with Crippen LogP contribution in [0.5, 0.6) is 5.75 Å². The zero-order chi connectivity index (χ0) is 16.1. The van der Waals surface area contributed by atoms with Crippen LogP contribution in [0.15, 0.2) is 34.9 Å². The summed E-state index contributed by atoms with van der Waals surface area (Å²) in [5.41, 5.74) is 1.72. The Bertz CT molecular complexity index is 652. The smallest absolute Gasteiger partial charge is 0.139 e. The minimum Gasteiger partial charge on any atom is -0.492 e. The average molecular weight is 338 g/mol. The highest BCUT2D eigenvalue weighted by Crippen LogP contribution is 2.28. The van der Waals surface area contributed by atoms with Gasteiger partial charge in [-0.25, -0.2) is 0 Å². The van der Waals surface area contributed by atoms with E-state index in [0.717, 1.165) is 23.4 Å². The second-order valence-electron chi connectivity index (χ2n) is 5.52. The van der Waals surface area contributed by atoms with E-state index in [9.17, 15) is 0 Å². The predicted octanol–water partition coefficient (Wildman–Crippen LogP) is 5.45. The number of hydrogen-bond donors (Lipinski definition) is 1. The zero-order valence-electron chi connectivity index (χ0n) is 13.0. The van der Waals surface area contributed by atoms with Crippen LogP contribution in [0, 0.1) is 12.8 Å². The summed E-state index contributed by atoms with van der Waals surface area (Å²) in [5.74, 6) is 2.05. The van der Waals surface area contributed by atoms with Gasteiger partial charge in [-0.05, 0) is 37.5 Å². The monoisotopic (exact) mass is 337 g/mol. The molecule has 0 fully saturated rings. The predicted molar refractivity (Wildman–Crippen MR) is 95.2 cm³/mol. The lowest BCUT2D eigenvalue weighted by molar-refractivity contribution is 0.290. The lowest BCUT2D eigenvalue weighted by atomic mass is 10.1. The van der Waals surface area contributed by atoms with Gasteiger partial charge in [-0.15, -0.1) is 0 Å². The molecular formula is C17H20ClNO2S. The van der Waals surface area contributed by atoms with Crippen molar-refractivity contribution in [2.45, 2.75) is 27.2 Å². The van der Waals surface area contributed by atoms with E-state index >= 15 is 0 Å². The summed E-state index contributed by atoms with van der Waals surface area (Å²) in [7, 11) is 0. The van der Waals surface area contributed by atoms with Crippen LogP contribution in [0.4, 0.5) is 5.69 Å². The van der Waals surface area contributed by atoms with Crippen molar-refractivity contribution >= 4 is 34.5 Å². The molecule has 0 amide bonds. The first kappa shape index (κ1) is 16.8. The van der Waals surface area contributed by atoms with Gasteiger partial charge in [0.25, 0.3) is 0 Å². The molecule has 118 valence electrons. The summed E-state index contributed by atoms with van der Waals surface area (Å²) >= 11 is 11.6. The number of anilines is 1. The largest absolute Gasteiger partial charge is 0.492 e. The maximum absolute atomic E-state index is 6.17. The minimum atomic E-state index is 0.594. The number of benzene rings is 1. The summed E-state index contributed by atoms with van der Waals surface area (Å²) in [4.78, 5) is 0.613. The quantitative estimate of drug-likeness (QED) is 0.710. The number of aryl methyl sites for hydroxylation is 1. The number of furan rings is 1. The van der Waals surface area contributed by atoms with Gasteiger partial charge < -0.3 is 14.5 Å². The Morgan fingerprint density at radius 3 is 2.77 bits per heavy atom. The molecule has 0 aliphatic carbocycles. The molecule has 0 radical (unpaired) electrons. The summed E-state index contributed by atoms with van der Waals surface area (Å²) in [5, 5.41) is 3.78. The highest BCUT2D eigenvalue weighted by Gasteiger charge is 2.10. The third-order valence-electron chi connectivity index (χ3n) is 3.25. The Balaban J connectivity index is 2.05. The minimum absolute atomic E-state index is 0.594. The van der Waals surface area contributed by atoms with Gasteiger partial charge in [0.05, 0.1) is 23.5 Å². The number of thiocarbonyl (C=S) groups is 1. The molecule has 5 heteroatoms. The van der Waals surface area contributed by atoms with Gasteiger partial charge in [0.2, 0.25) is 0 Å². The SMILES string of the molecule is Cc1occc1C(=S)Nc1ccc(Cl)c(OCCC(C)C)c1. The molecule has 1 aromatic heterocycles. The molecule has 1 heterocycles. The standard InChI is InChI=1S/C17H20ClNO2S/c1-11(2)6-8-21-16-10-13(4-5-15(16)18)19-17(22)14-7-9-20-12(14)3/h4-5,7,9-11H,6,8H2,1-3H3,(H,19,22).